The Morgan fingerprint density at radius 1 is 1.19 bits per heavy atom. The Morgan fingerprint density at radius 2 is 1.87 bits per heavy atom. The fourth-order valence-electron chi connectivity index (χ4n) is 2.78. The second-order valence-corrected chi connectivity index (χ2v) is 6.18. The van der Waals surface area contributed by atoms with Crippen LogP contribution in [0.2, 0.25) is 0 Å². The van der Waals surface area contributed by atoms with Gasteiger partial charge in [0.1, 0.15) is 23.0 Å². The summed E-state index contributed by atoms with van der Waals surface area (Å²) in [5, 5.41) is 17.9. The van der Waals surface area contributed by atoms with Gasteiger partial charge in [-0.05, 0) is 43.4 Å². The first-order chi connectivity index (χ1) is 15.0. The number of halogens is 3. The second kappa shape index (κ2) is 11.3. The van der Waals surface area contributed by atoms with Crippen molar-refractivity contribution in [2.24, 2.45) is 5.73 Å². The highest BCUT2D eigenvalue weighted by atomic mass is 19.1. The number of rotatable bonds is 7. The molecule has 0 saturated heterocycles. The molecule has 1 amide bonds. The van der Waals surface area contributed by atoms with E-state index in [4.69, 9.17) is 9.84 Å². The number of methoxy groups -OCH3 is 1. The smallest absolute Gasteiger partial charge is 0.252 e. The first-order valence-corrected chi connectivity index (χ1v) is 9.24. The summed E-state index contributed by atoms with van der Waals surface area (Å²) in [5.74, 6) is -2.86. The number of aliphatic hydroxyl groups excluding tert-OH is 1. The molecule has 0 aliphatic rings. The third-order valence-electron chi connectivity index (χ3n) is 4.36. The van der Waals surface area contributed by atoms with Crippen molar-refractivity contribution in [2.45, 2.75) is 6.10 Å². The van der Waals surface area contributed by atoms with Gasteiger partial charge in [0.2, 0.25) is 0 Å². The summed E-state index contributed by atoms with van der Waals surface area (Å²) in [7, 11) is 2.87. The molecule has 10 heteroatoms. The van der Waals surface area contributed by atoms with Gasteiger partial charge in [-0.2, -0.15) is 5.10 Å². The van der Waals surface area contributed by atoms with Crippen molar-refractivity contribution in [3.8, 4) is 22.5 Å². The molecular weight excluding hydrogens is 413 g/mol. The highest BCUT2D eigenvalue weighted by Gasteiger charge is 2.24. The van der Waals surface area contributed by atoms with Crippen LogP contribution in [0.3, 0.4) is 0 Å². The Morgan fingerprint density at radius 3 is 2.48 bits per heavy atom. The van der Waals surface area contributed by atoms with Crippen molar-refractivity contribution in [1.82, 2.24) is 15.5 Å². The quantitative estimate of drug-likeness (QED) is 0.455. The molecule has 7 nitrogen and oxygen atoms in total. The SMILES string of the molecule is CN.COC(CO)CNC(=O)c1cccc(F)c1-c1[nH]nc(-c2ccc(F)cc2)c1F. The van der Waals surface area contributed by atoms with Crippen LogP contribution >= 0.6 is 0 Å². The second-order valence-electron chi connectivity index (χ2n) is 6.18. The number of hydrogen-bond acceptors (Lipinski definition) is 5. The largest absolute Gasteiger partial charge is 0.394 e. The number of nitrogens with zero attached hydrogens (tertiary/aromatic N) is 1. The molecule has 0 spiro atoms. The first-order valence-electron chi connectivity index (χ1n) is 9.24. The lowest BCUT2D eigenvalue weighted by Crippen LogP contribution is -2.35. The number of nitrogens with two attached hydrogens (primary N) is 1. The average Bonchev–Trinajstić information content (AvgIpc) is 3.17. The van der Waals surface area contributed by atoms with Gasteiger partial charge in [0.25, 0.3) is 5.91 Å². The molecule has 1 heterocycles. The Labute approximate surface area is 177 Å². The van der Waals surface area contributed by atoms with Gasteiger partial charge >= 0.3 is 0 Å². The third-order valence-corrected chi connectivity index (χ3v) is 4.36. The van der Waals surface area contributed by atoms with Gasteiger partial charge in [0, 0.05) is 19.2 Å². The molecule has 0 aliphatic carbocycles. The molecule has 2 aromatic carbocycles. The van der Waals surface area contributed by atoms with Crippen LogP contribution in [0.15, 0.2) is 42.5 Å². The highest BCUT2D eigenvalue weighted by Crippen LogP contribution is 2.32. The average molecular weight is 436 g/mol. The lowest BCUT2D eigenvalue weighted by atomic mass is 10.0. The number of aromatic amines is 1. The normalized spacial score (nSPS) is 11.5. The zero-order valence-corrected chi connectivity index (χ0v) is 17.0. The number of ether oxygens (including phenoxy) is 1. The van der Waals surface area contributed by atoms with Crippen molar-refractivity contribution in [3.63, 3.8) is 0 Å². The maximum atomic E-state index is 15.0. The summed E-state index contributed by atoms with van der Waals surface area (Å²) < 4.78 is 47.6. The third kappa shape index (κ3) is 5.48. The first kappa shape index (κ1) is 24.1. The van der Waals surface area contributed by atoms with E-state index in [-0.39, 0.29) is 35.7 Å². The standard InChI is InChI=1S/C20H18F3N3O3.CH5N/c1-29-13(10-27)9-24-20(28)14-3-2-4-15(22)16(14)19-17(23)18(25-26-19)11-5-7-12(21)8-6-11;1-2/h2-8,13,27H,9-10H2,1H3,(H,24,28)(H,25,26);2H2,1H3. The van der Waals surface area contributed by atoms with Gasteiger partial charge in [0.05, 0.1) is 23.8 Å². The Balaban J connectivity index is 0.00000166. The molecule has 31 heavy (non-hydrogen) atoms. The fourth-order valence-corrected chi connectivity index (χ4v) is 2.78. The molecular formula is C21H23F3N4O3. The Kier molecular flexibility index (Phi) is 8.74. The van der Waals surface area contributed by atoms with E-state index in [1.807, 2.05) is 0 Å². The van der Waals surface area contributed by atoms with Crippen LogP contribution in [0.5, 0.6) is 0 Å². The monoisotopic (exact) mass is 436 g/mol. The van der Waals surface area contributed by atoms with Crippen LogP contribution in [0, 0.1) is 17.5 Å². The molecule has 1 unspecified atom stereocenters. The minimum Gasteiger partial charge on any atom is -0.394 e. The van der Waals surface area contributed by atoms with Crippen LogP contribution in [0.4, 0.5) is 13.2 Å². The van der Waals surface area contributed by atoms with E-state index in [1.54, 1.807) is 0 Å². The van der Waals surface area contributed by atoms with E-state index < -0.39 is 29.5 Å². The summed E-state index contributed by atoms with van der Waals surface area (Å²) in [6.45, 7) is -0.336. The summed E-state index contributed by atoms with van der Waals surface area (Å²) in [6, 6.07) is 8.74. The topological polar surface area (TPSA) is 113 Å². The van der Waals surface area contributed by atoms with Gasteiger partial charge in [0.15, 0.2) is 5.82 Å². The minimum absolute atomic E-state index is 0.0198. The number of carbonyl (C=O) groups excluding carboxylic acids is 1. The lowest BCUT2D eigenvalue weighted by molar-refractivity contribution is 0.0474. The van der Waals surface area contributed by atoms with E-state index in [9.17, 15) is 13.6 Å². The lowest BCUT2D eigenvalue weighted by Gasteiger charge is -2.14. The van der Waals surface area contributed by atoms with E-state index in [0.717, 1.165) is 18.2 Å². The molecule has 0 radical (unpaired) electrons. The van der Waals surface area contributed by atoms with Gasteiger partial charge in [-0.3, -0.25) is 9.89 Å². The van der Waals surface area contributed by atoms with E-state index in [2.05, 4.69) is 21.2 Å². The maximum Gasteiger partial charge on any atom is 0.252 e. The zero-order valence-electron chi connectivity index (χ0n) is 17.0. The van der Waals surface area contributed by atoms with Gasteiger partial charge in [-0.25, -0.2) is 13.2 Å². The molecule has 1 aromatic heterocycles. The number of aliphatic hydroxyl groups is 1. The number of amides is 1. The molecule has 5 N–H and O–H groups in total. The van der Waals surface area contributed by atoms with Crippen molar-refractivity contribution in [2.75, 3.05) is 27.3 Å². The number of carbonyl (C=O) groups is 1. The highest BCUT2D eigenvalue weighted by molar-refractivity contribution is 6.00. The number of aromatic nitrogens is 2. The molecule has 0 fully saturated rings. The molecule has 0 saturated carbocycles. The number of hydrogen-bond donors (Lipinski definition) is 4. The van der Waals surface area contributed by atoms with Crippen LogP contribution in [0.1, 0.15) is 10.4 Å². The summed E-state index contributed by atoms with van der Waals surface area (Å²) >= 11 is 0. The molecule has 0 bridgehead atoms. The summed E-state index contributed by atoms with van der Waals surface area (Å²) in [5.41, 5.74) is 3.94. The molecule has 1 atom stereocenters. The van der Waals surface area contributed by atoms with Gasteiger partial charge < -0.3 is 20.9 Å². The molecule has 0 aliphatic heterocycles. The van der Waals surface area contributed by atoms with Crippen molar-refractivity contribution >= 4 is 5.91 Å². The summed E-state index contributed by atoms with van der Waals surface area (Å²) in [6.07, 6.45) is -0.634. The molecule has 3 aromatic rings. The van der Waals surface area contributed by atoms with Crippen LogP contribution in [-0.2, 0) is 4.74 Å². The van der Waals surface area contributed by atoms with Gasteiger partial charge in [-0.15, -0.1) is 0 Å². The molecule has 166 valence electrons. The van der Waals surface area contributed by atoms with E-state index in [1.165, 1.54) is 38.4 Å². The Bertz CT molecular complexity index is 1010. The number of benzene rings is 2. The van der Waals surface area contributed by atoms with E-state index >= 15 is 4.39 Å². The van der Waals surface area contributed by atoms with E-state index in [0.29, 0.717) is 5.56 Å². The molecule has 3 rings (SSSR count). The predicted octanol–water partition coefficient (Wildman–Crippen LogP) is 2.47. The maximum absolute atomic E-state index is 15.0. The van der Waals surface area contributed by atoms with Crippen LogP contribution in [-0.4, -0.2) is 54.6 Å². The van der Waals surface area contributed by atoms with Gasteiger partial charge in [-0.1, -0.05) is 6.07 Å². The predicted molar refractivity (Wildman–Crippen MR) is 110 cm³/mol. The summed E-state index contributed by atoms with van der Waals surface area (Å²) in [4.78, 5) is 12.5. The fraction of sp³-hybridized carbons (Fsp3) is 0.238. The Hall–Kier alpha value is -3.21. The van der Waals surface area contributed by atoms with Crippen molar-refractivity contribution in [3.05, 3.63) is 65.5 Å². The van der Waals surface area contributed by atoms with Crippen molar-refractivity contribution in [1.29, 1.82) is 0 Å². The van der Waals surface area contributed by atoms with Crippen LogP contribution in [0.25, 0.3) is 22.5 Å². The number of H-pyrrole nitrogens is 1. The zero-order chi connectivity index (χ0) is 23.0. The van der Waals surface area contributed by atoms with Crippen molar-refractivity contribution < 1.29 is 27.8 Å². The number of nitrogens with one attached hydrogen (secondary N) is 2. The van der Waals surface area contributed by atoms with Crippen LogP contribution < -0.4 is 11.1 Å². The minimum atomic E-state index is -0.874.